The van der Waals surface area contributed by atoms with Gasteiger partial charge >= 0.3 is 0 Å². The molecule has 0 aromatic carbocycles. The number of hydrogen-bond acceptors (Lipinski definition) is 4. The summed E-state index contributed by atoms with van der Waals surface area (Å²) in [5.41, 5.74) is 8.97. The zero-order valence-electron chi connectivity index (χ0n) is 10.2. The van der Waals surface area contributed by atoms with Crippen LogP contribution < -0.4 is 5.73 Å². The number of nitrogens with zero attached hydrogens (tertiary/aromatic N) is 4. The Morgan fingerprint density at radius 1 is 1.41 bits per heavy atom. The molecule has 0 aliphatic heterocycles. The quantitative estimate of drug-likeness (QED) is 0.867. The summed E-state index contributed by atoms with van der Waals surface area (Å²) in [6, 6.07) is 3.98. The highest BCUT2D eigenvalue weighted by Crippen LogP contribution is 2.13. The Hall–Kier alpha value is -1.91. The van der Waals surface area contributed by atoms with Crippen molar-refractivity contribution < 1.29 is 0 Å². The van der Waals surface area contributed by atoms with Crippen molar-refractivity contribution in [2.45, 2.75) is 33.2 Å². The fraction of sp³-hybridized carbons (Fsp3) is 0.417. The van der Waals surface area contributed by atoms with Crippen LogP contribution in [0, 0.1) is 6.92 Å². The van der Waals surface area contributed by atoms with Gasteiger partial charge in [0.2, 0.25) is 0 Å². The Bertz CT molecular complexity index is 503. The smallest absolute Gasteiger partial charge is 0.169 e. The molecule has 2 N–H and O–H groups in total. The van der Waals surface area contributed by atoms with Gasteiger partial charge in [0.25, 0.3) is 0 Å². The monoisotopic (exact) mass is 231 g/mol. The van der Waals surface area contributed by atoms with Gasteiger partial charge < -0.3 is 5.73 Å². The number of nitrogen functional groups attached to an aromatic ring is 1. The van der Waals surface area contributed by atoms with E-state index in [1.165, 1.54) is 0 Å². The van der Waals surface area contributed by atoms with Gasteiger partial charge in [-0.25, -0.2) is 4.68 Å². The van der Waals surface area contributed by atoms with Crippen LogP contribution in [0.4, 0.5) is 5.82 Å². The fourth-order valence-electron chi connectivity index (χ4n) is 1.79. The molecule has 5 nitrogen and oxygen atoms in total. The van der Waals surface area contributed by atoms with Crippen LogP contribution in [0.5, 0.6) is 0 Å². The van der Waals surface area contributed by atoms with E-state index >= 15 is 0 Å². The zero-order valence-corrected chi connectivity index (χ0v) is 10.2. The van der Waals surface area contributed by atoms with Gasteiger partial charge in [-0.2, -0.15) is 0 Å². The molecule has 0 bridgehead atoms. The average molecular weight is 231 g/mol. The van der Waals surface area contributed by atoms with Crippen molar-refractivity contribution in [2.24, 2.45) is 0 Å². The molecule has 0 saturated carbocycles. The van der Waals surface area contributed by atoms with E-state index in [0.29, 0.717) is 12.4 Å². The molecule has 0 unspecified atom stereocenters. The highest BCUT2D eigenvalue weighted by Gasteiger charge is 2.10. The Morgan fingerprint density at radius 2 is 2.24 bits per heavy atom. The topological polar surface area (TPSA) is 69.6 Å². The van der Waals surface area contributed by atoms with E-state index in [1.807, 2.05) is 23.7 Å². The molecule has 17 heavy (non-hydrogen) atoms. The molecule has 2 heterocycles. The van der Waals surface area contributed by atoms with Gasteiger partial charge in [0.1, 0.15) is 0 Å². The van der Waals surface area contributed by atoms with Crippen LogP contribution in [0.2, 0.25) is 0 Å². The van der Waals surface area contributed by atoms with Crippen molar-refractivity contribution in [3.8, 4) is 0 Å². The second-order valence-electron chi connectivity index (χ2n) is 4.10. The van der Waals surface area contributed by atoms with Crippen molar-refractivity contribution in [1.82, 2.24) is 20.0 Å². The summed E-state index contributed by atoms with van der Waals surface area (Å²) in [6.45, 7) is 4.79. The van der Waals surface area contributed by atoms with E-state index in [1.54, 1.807) is 6.20 Å². The number of pyridine rings is 1. The van der Waals surface area contributed by atoms with Crippen molar-refractivity contribution in [3.05, 3.63) is 35.3 Å². The van der Waals surface area contributed by atoms with E-state index in [0.717, 1.165) is 29.8 Å². The van der Waals surface area contributed by atoms with Gasteiger partial charge in [-0.15, -0.1) is 5.10 Å². The van der Waals surface area contributed by atoms with Crippen molar-refractivity contribution in [3.63, 3.8) is 0 Å². The SMILES string of the molecule is CCCc1c(N)nnn1Cc1ncccc1C. The molecule has 0 saturated heterocycles. The van der Waals surface area contributed by atoms with Crippen LogP contribution in [0.25, 0.3) is 0 Å². The summed E-state index contributed by atoms with van der Waals surface area (Å²) in [7, 11) is 0. The third kappa shape index (κ3) is 2.43. The van der Waals surface area contributed by atoms with Crippen LogP contribution >= 0.6 is 0 Å². The molecular weight excluding hydrogens is 214 g/mol. The molecule has 2 aromatic rings. The molecule has 0 fully saturated rings. The molecule has 2 aromatic heterocycles. The Morgan fingerprint density at radius 3 is 2.94 bits per heavy atom. The molecule has 90 valence electrons. The summed E-state index contributed by atoms with van der Waals surface area (Å²) in [4.78, 5) is 4.35. The molecule has 0 amide bonds. The maximum atomic E-state index is 5.80. The largest absolute Gasteiger partial charge is 0.381 e. The molecule has 0 radical (unpaired) electrons. The van der Waals surface area contributed by atoms with Gasteiger partial charge in [0, 0.05) is 6.20 Å². The number of rotatable bonds is 4. The third-order valence-electron chi connectivity index (χ3n) is 2.77. The van der Waals surface area contributed by atoms with Gasteiger partial charge in [-0.05, 0) is 25.0 Å². The lowest BCUT2D eigenvalue weighted by molar-refractivity contribution is 0.602. The highest BCUT2D eigenvalue weighted by molar-refractivity contribution is 5.33. The zero-order chi connectivity index (χ0) is 12.3. The van der Waals surface area contributed by atoms with Crippen molar-refractivity contribution in [2.75, 3.05) is 5.73 Å². The minimum absolute atomic E-state index is 0.528. The predicted molar refractivity (Wildman–Crippen MR) is 66.5 cm³/mol. The second kappa shape index (κ2) is 4.95. The summed E-state index contributed by atoms with van der Waals surface area (Å²) in [5.74, 6) is 0.528. The first-order valence-corrected chi connectivity index (χ1v) is 5.80. The van der Waals surface area contributed by atoms with Crippen LogP contribution in [-0.4, -0.2) is 20.0 Å². The van der Waals surface area contributed by atoms with E-state index in [-0.39, 0.29) is 0 Å². The van der Waals surface area contributed by atoms with Crippen LogP contribution in [0.3, 0.4) is 0 Å². The first-order valence-electron chi connectivity index (χ1n) is 5.80. The fourth-order valence-corrected chi connectivity index (χ4v) is 1.79. The minimum Gasteiger partial charge on any atom is -0.381 e. The molecule has 0 aliphatic carbocycles. The number of aryl methyl sites for hydroxylation is 1. The Labute approximate surface area is 101 Å². The van der Waals surface area contributed by atoms with Crippen LogP contribution in [0.15, 0.2) is 18.3 Å². The van der Waals surface area contributed by atoms with E-state index in [4.69, 9.17) is 5.73 Å². The first-order chi connectivity index (χ1) is 8.22. The van der Waals surface area contributed by atoms with E-state index in [2.05, 4.69) is 22.2 Å². The number of hydrogen-bond donors (Lipinski definition) is 1. The highest BCUT2D eigenvalue weighted by atomic mass is 15.4. The Balaban J connectivity index is 2.27. The van der Waals surface area contributed by atoms with Crippen molar-refractivity contribution >= 4 is 5.82 Å². The standard InChI is InChI=1S/C12H17N5/c1-3-5-11-12(13)15-16-17(11)8-10-9(2)6-4-7-14-10/h4,6-7H,3,5,8,13H2,1-2H3. The third-order valence-corrected chi connectivity index (χ3v) is 2.77. The summed E-state index contributed by atoms with van der Waals surface area (Å²) in [6.07, 6.45) is 3.71. The van der Waals surface area contributed by atoms with Crippen LogP contribution in [-0.2, 0) is 13.0 Å². The molecule has 2 rings (SSSR count). The molecule has 0 aliphatic rings. The maximum absolute atomic E-state index is 5.80. The molecule has 5 heteroatoms. The maximum Gasteiger partial charge on any atom is 0.169 e. The molecule has 0 atom stereocenters. The lowest BCUT2D eigenvalue weighted by Crippen LogP contribution is -2.09. The molecule has 0 spiro atoms. The van der Waals surface area contributed by atoms with Gasteiger partial charge in [-0.3, -0.25) is 4.98 Å². The lowest BCUT2D eigenvalue weighted by atomic mass is 10.2. The summed E-state index contributed by atoms with van der Waals surface area (Å²) >= 11 is 0. The number of aromatic nitrogens is 4. The van der Waals surface area contributed by atoms with E-state index in [9.17, 15) is 0 Å². The summed E-state index contributed by atoms with van der Waals surface area (Å²) < 4.78 is 1.84. The van der Waals surface area contributed by atoms with Gasteiger partial charge in [0.05, 0.1) is 17.9 Å². The van der Waals surface area contributed by atoms with Gasteiger partial charge in [0.15, 0.2) is 5.82 Å². The van der Waals surface area contributed by atoms with Gasteiger partial charge in [-0.1, -0.05) is 24.6 Å². The summed E-state index contributed by atoms with van der Waals surface area (Å²) in [5, 5.41) is 8.00. The lowest BCUT2D eigenvalue weighted by Gasteiger charge is -2.07. The predicted octanol–water partition coefficient (Wildman–Crippen LogP) is 1.56. The van der Waals surface area contributed by atoms with Crippen molar-refractivity contribution in [1.29, 1.82) is 0 Å². The normalized spacial score (nSPS) is 10.7. The minimum atomic E-state index is 0.528. The Kier molecular flexibility index (Phi) is 3.37. The first kappa shape index (κ1) is 11.6. The van der Waals surface area contributed by atoms with Crippen LogP contribution in [0.1, 0.15) is 30.3 Å². The second-order valence-corrected chi connectivity index (χ2v) is 4.10. The number of anilines is 1. The number of nitrogens with two attached hydrogens (primary N) is 1. The van der Waals surface area contributed by atoms with E-state index < -0.39 is 0 Å². The average Bonchev–Trinajstić information content (AvgIpc) is 2.65. The molecular formula is C12H17N5.